The van der Waals surface area contributed by atoms with Crippen LogP contribution in [0.4, 0.5) is 13.2 Å². The zero-order valence-corrected chi connectivity index (χ0v) is 7.84. The first kappa shape index (κ1) is 10.3. The third-order valence-corrected chi connectivity index (χ3v) is 1.60. The van der Waals surface area contributed by atoms with E-state index in [0.717, 1.165) is 0 Å². The molecule has 0 saturated heterocycles. The van der Waals surface area contributed by atoms with Crippen molar-refractivity contribution in [3.8, 4) is 5.88 Å². The van der Waals surface area contributed by atoms with E-state index in [1.807, 2.05) is 0 Å². The number of rotatable bonds is 3. The van der Waals surface area contributed by atoms with E-state index in [1.54, 1.807) is 0 Å². The average molecular weight is 256 g/mol. The van der Waals surface area contributed by atoms with Gasteiger partial charge in [-0.2, -0.15) is 4.39 Å². The van der Waals surface area contributed by atoms with Crippen LogP contribution in [-0.2, 0) is 0 Å². The topological polar surface area (TPSA) is 22.1 Å². The normalized spacial score (nSPS) is 13.0. The van der Waals surface area contributed by atoms with Crippen LogP contribution in [0.5, 0.6) is 5.88 Å². The third kappa shape index (κ3) is 3.22. The molecule has 13 heavy (non-hydrogen) atoms. The second-order valence-electron chi connectivity index (χ2n) is 2.12. The second-order valence-corrected chi connectivity index (χ2v) is 3.03. The molecule has 1 atom stereocenters. The van der Waals surface area contributed by atoms with Gasteiger partial charge in [-0.05, 0) is 22.0 Å². The van der Waals surface area contributed by atoms with Crippen LogP contribution in [0.3, 0.4) is 0 Å². The van der Waals surface area contributed by atoms with E-state index in [0.29, 0.717) is 4.47 Å². The van der Waals surface area contributed by atoms with Crippen LogP contribution in [0.25, 0.3) is 0 Å². The van der Waals surface area contributed by atoms with Crippen molar-refractivity contribution >= 4 is 15.9 Å². The van der Waals surface area contributed by atoms with Crippen LogP contribution in [-0.4, -0.2) is 17.8 Å². The van der Waals surface area contributed by atoms with Gasteiger partial charge in [-0.1, -0.05) is 0 Å². The highest BCUT2D eigenvalue weighted by atomic mass is 79.9. The van der Waals surface area contributed by atoms with Gasteiger partial charge in [0.2, 0.25) is 5.88 Å². The smallest absolute Gasteiger partial charge is 0.304 e. The number of nitrogens with zero attached hydrogens (tertiary/aromatic N) is 1. The summed E-state index contributed by atoms with van der Waals surface area (Å²) in [6.45, 7) is 0. The number of aromatic nitrogens is 1. The molecule has 0 N–H and O–H groups in total. The molecule has 6 heteroatoms. The van der Waals surface area contributed by atoms with Crippen molar-refractivity contribution < 1.29 is 17.9 Å². The Hall–Kier alpha value is -0.780. The summed E-state index contributed by atoms with van der Waals surface area (Å²) in [5, 5.41) is 0. The molecule has 0 aliphatic rings. The van der Waals surface area contributed by atoms with E-state index >= 15 is 0 Å². The highest BCUT2D eigenvalue weighted by Crippen LogP contribution is 2.16. The minimum Gasteiger partial charge on any atom is -0.437 e. The molecule has 0 aliphatic heterocycles. The van der Waals surface area contributed by atoms with Gasteiger partial charge in [0.15, 0.2) is 0 Å². The summed E-state index contributed by atoms with van der Waals surface area (Å²) in [6, 6.07) is 2.81. The van der Waals surface area contributed by atoms with Crippen LogP contribution >= 0.6 is 15.9 Å². The second kappa shape index (κ2) is 4.45. The Morgan fingerprint density at radius 1 is 1.31 bits per heavy atom. The predicted octanol–water partition coefficient (Wildman–Crippen LogP) is 2.78. The highest BCUT2D eigenvalue weighted by molar-refractivity contribution is 9.10. The molecule has 0 aliphatic carbocycles. The van der Waals surface area contributed by atoms with Crippen molar-refractivity contribution in [1.29, 1.82) is 0 Å². The fraction of sp³-hybridized carbons (Fsp3) is 0.286. The van der Waals surface area contributed by atoms with Gasteiger partial charge in [-0.3, -0.25) is 0 Å². The summed E-state index contributed by atoms with van der Waals surface area (Å²) in [5.74, 6) is -0.170. The minimum atomic E-state index is -3.16. The van der Waals surface area contributed by atoms with Crippen LogP contribution < -0.4 is 4.74 Å². The molecule has 0 saturated carbocycles. The number of alkyl halides is 3. The first-order chi connectivity index (χ1) is 6.09. The number of hydrogen-bond donors (Lipinski definition) is 0. The lowest BCUT2D eigenvalue weighted by molar-refractivity contribution is -0.0690. The van der Waals surface area contributed by atoms with Crippen LogP contribution in [0.2, 0.25) is 0 Å². The fourth-order valence-electron chi connectivity index (χ4n) is 0.599. The molecule has 0 spiro atoms. The molecule has 72 valence electrons. The Labute approximate surface area is 80.9 Å². The number of hydrogen-bond acceptors (Lipinski definition) is 2. The Kier molecular flexibility index (Phi) is 3.53. The van der Waals surface area contributed by atoms with Gasteiger partial charge in [0.1, 0.15) is 0 Å². The van der Waals surface area contributed by atoms with Gasteiger partial charge in [0.25, 0.3) is 6.36 Å². The van der Waals surface area contributed by atoms with Crippen molar-refractivity contribution in [1.82, 2.24) is 4.98 Å². The summed E-state index contributed by atoms with van der Waals surface area (Å²) in [6.07, 6.45) is -4.47. The maximum absolute atomic E-state index is 12.3. The van der Waals surface area contributed by atoms with E-state index in [4.69, 9.17) is 0 Å². The molecule has 0 aromatic carbocycles. The van der Waals surface area contributed by atoms with Crippen molar-refractivity contribution in [2.24, 2.45) is 0 Å². The standard InChI is InChI=1S/C7H5BrF3NO/c8-4-1-2-5(12-3-4)13-7(11)6(9)10/h1-3,6-7H. The van der Waals surface area contributed by atoms with Gasteiger partial charge in [0, 0.05) is 16.7 Å². The monoisotopic (exact) mass is 255 g/mol. The molecule has 1 unspecified atom stereocenters. The lowest BCUT2D eigenvalue weighted by Crippen LogP contribution is -2.19. The van der Waals surface area contributed by atoms with Gasteiger partial charge in [-0.25, -0.2) is 13.8 Å². The largest absolute Gasteiger partial charge is 0.437 e. The fourth-order valence-corrected chi connectivity index (χ4v) is 0.833. The first-order valence-electron chi connectivity index (χ1n) is 3.30. The summed E-state index contributed by atoms with van der Waals surface area (Å²) >= 11 is 3.08. The van der Waals surface area contributed by atoms with Gasteiger partial charge in [-0.15, -0.1) is 0 Å². The number of ether oxygens (including phenoxy) is 1. The zero-order chi connectivity index (χ0) is 9.84. The molecule has 1 heterocycles. The molecule has 0 bridgehead atoms. The molecule has 1 aromatic heterocycles. The molecule has 0 fully saturated rings. The molecular formula is C7H5BrF3NO. The summed E-state index contributed by atoms with van der Waals surface area (Å²) < 4.78 is 40.4. The summed E-state index contributed by atoms with van der Waals surface area (Å²) in [4.78, 5) is 3.56. The predicted molar refractivity (Wildman–Crippen MR) is 43.5 cm³/mol. The average Bonchev–Trinajstić information content (AvgIpc) is 2.08. The van der Waals surface area contributed by atoms with E-state index in [2.05, 4.69) is 25.7 Å². The Balaban J connectivity index is 2.59. The van der Waals surface area contributed by atoms with Crippen molar-refractivity contribution in [3.63, 3.8) is 0 Å². The highest BCUT2D eigenvalue weighted by Gasteiger charge is 2.20. The maximum Gasteiger partial charge on any atom is 0.304 e. The number of pyridine rings is 1. The van der Waals surface area contributed by atoms with Gasteiger partial charge < -0.3 is 4.74 Å². The molecular weight excluding hydrogens is 251 g/mol. The maximum atomic E-state index is 12.3. The number of halogens is 4. The van der Waals surface area contributed by atoms with E-state index < -0.39 is 12.8 Å². The van der Waals surface area contributed by atoms with Crippen molar-refractivity contribution in [3.05, 3.63) is 22.8 Å². The molecule has 1 rings (SSSR count). The molecule has 2 nitrogen and oxygen atoms in total. The summed E-state index contributed by atoms with van der Waals surface area (Å²) in [5.41, 5.74) is 0. The SMILES string of the molecule is FC(F)C(F)Oc1ccc(Br)cn1. The van der Waals surface area contributed by atoms with E-state index in [-0.39, 0.29) is 5.88 Å². The van der Waals surface area contributed by atoms with Crippen molar-refractivity contribution in [2.45, 2.75) is 12.8 Å². The molecule has 0 amide bonds. The quantitative estimate of drug-likeness (QED) is 0.829. The van der Waals surface area contributed by atoms with Gasteiger partial charge >= 0.3 is 6.43 Å². The van der Waals surface area contributed by atoms with Crippen LogP contribution in [0, 0.1) is 0 Å². The molecule has 1 aromatic rings. The van der Waals surface area contributed by atoms with Crippen LogP contribution in [0.15, 0.2) is 22.8 Å². The van der Waals surface area contributed by atoms with E-state index in [1.165, 1.54) is 18.3 Å². The third-order valence-electron chi connectivity index (χ3n) is 1.13. The Bertz CT molecular complexity index is 267. The Morgan fingerprint density at radius 3 is 2.46 bits per heavy atom. The lowest BCUT2D eigenvalue weighted by Gasteiger charge is -2.08. The van der Waals surface area contributed by atoms with Crippen molar-refractivity contribution in [2.75, 3.05) is 0 Å². The minimum absolute atomic E-state index is 0.170. The summed E-state index contributed by atoms with van der Waals surface area (Å²) in [7, 11) is 0. The lowest BCUT2D eigenvalue weighted by atomic mass is 10.5. The van der Waals surface area contributed by atoms with Crippen LogP contribution in [0.1, 0.15) is 0 Å². The zero-order valence-electron chi connectivity index (χ0n) is 6.25. The first-order valence-corrected chi connectivity index (χ1v) is 4.09. The van der Waals surface area contributed by atoms with Gasteiger partial charge in [0.05, 0.1) is 0 Å². The van der Waals surface area contributed by atoms with E-state index in [9.17, 15) is 13.2 Å². The Morgan fingerprint density at radius 2 is 2.00 bits per heavy atom. The molecule has 0 radical (unpaired) electrons.